The third-order valence-electron chi connectivity index (χ3n) is 3.82. The summed E-state index contributed by atoms with van der Waals surface area (Å²) in [6.07, 6.45) is 1.49. The van der Waals surface area contributed by atoms with Crippen LogP contribution in [0.5, 0.6) is 0 Å². The topological polar surface area (TPSA) is 78.4 Å². The van der Waals surface area contributed by atoms with Gasteiger partial charge in [0.2, 0.25) is 5.91 Å². The first-order valence-electron chi connectivity index (χ1n) is 6.82. The highest BCUT2D eigenvalue weighted by molar-refractivity contribution is 5.95. The Hall–Kier alpha value is -1.88. The Kier molecular flexibility index (Phi) is 4.39. The predicted molar refractivity (Wildman–Crippen MR) is 77.1 cm³/mol. The van der Waals surface area contributed by atoms with Crippen molar-refractivity contribution >= 4 is 17.6 Å². The monoisotopic (exact) mass is 276 g/mol. The first-order valence-corrected chi connectivity index (χ1v) is 6.82. The van der Waals surface area contributed by atoms with Crippen molar-refractivity contribution in [3.05, 3.63) is 28.8 Å². The summed E-state index contributed by atoms with van der Waals surface area (Å²) in [4.78, 5) is 23.1. The molecular weight excluding hydrogens is 256 g/mol. The first-order chi connectivity index (χ1) is 9.47. The number of nitrogens with one attached hydrogen (secondary N) is 2. The molecule has 2 rings (SSSR count). The molecule has 3 N–H and O–H groups in total. The molecule has 1 saturated heterocycles. The standard InChI is InChI=1S/C15H20N2O3/c1-9-5-12(7-13(10(9)2)15(19)20)17-14(18)6-11-3-4-16-8-11/h5,7,11,16H,3-4,6,8H2,1-2H3,(H,17,18)(H,19,20). The lowest BCUT2D eigenvalue weighted by Crippen LogP contribution is -2.18. The Labute approximate surface area is 118 Å². The summed E-state index contributed by atoms with van der Waals surface area (Å²) in [6.45, 7) is 5.46. The van der Waals surface area contributed by atoms with Crippen LogP contribution >= 0.6 is 0 Å². The second-order valence-electron chi connectivity index (χ2n) is 5.38. The number of carbonyl (C=O) groups excluding carboxylic acids is 1. The number of hydrogen-bond acceptors (Lipinski definition) is 3. The fraction of sp³-hybridized carbons (Fsp3) is 0.467. The van der Waals surface area contributed by atoms with Crippen molar-refractivity contribution in [2.24, 2.45) is 5.92 Å². The van der Waals surface area contributed by atoms with Gasteiger partial charge in [-0.25, -0.2) is 4.79 Å². The number of hydrogen-bond donors (Lipinski definition) is 3. The molecule has 20 heavy (non-hydrogen) atoms. The Morgan fingerprint density at radius 1 is 1.40 bits per heavy atom. The zero-order valence-electron chi connectivity index (χ0n) is 11.8. The third-order valence-corrected chi connectivity index (χ3v) is 3.82. The second-order valence-corrected chi connectivity index (χ2v) is 5.38. The van der Waals surface area contributed by atoms with Crippen LogP contribution in [0, 0.1) is 19.8 Å². The minimum atomic E-state index is -0.971. The van der Waals surface area contributed by atoms with Gasteiger partial charge in [-0.2, -0.15) is 0 Å². The minimum absolute atomic E-state index is 0.0571. The van der Waals surface area contributed by atoms with E-state index in [1.54, 1.807) is 6.92 Å². The van der Waals surface area contributed by atoms with Gasteiger partial charge >= 0.3 is 5.97 Å². The van der Waals surface area contributed by atoms with Gasteiger partial charge in [0.05, 0.1) is 5.56 Å². The van der Waals surface area contributed by atoms with E-state index in [9.17, 15) is 9.59 Å². The summed E-state index contributed by atoms with van der Waals surface area (Å²) < 4.78 is 0. The molecule has 1 aliphatic rings. The van der Waals surface area contributed by atoms with Crippen LogP contribution in [0.3, 0.4) is 0 Å². The van der Waals surface area contributed by atoms with Crippen LogP contribution in [0.1, 0.15) is 34.3 Å². The second kappa shape index (κ2) is 6.05. The molecule has 1 amide bonds. The maximum absolute atomic E-state index is 12.0. The molecule has 0 saturated carbocycles. The van der Waals surface area contributed by atoms with Crippen LogP contribution in [0.25, 0.3) is 0 Å². The Morgan fingerprint density at radius 3 is 2.75 bits per heavy atom. The number of carbonyl (C=O) groups is 2. The van der Waals surface area contributed by atoms with Gasteiger partial charge in [-0.15, -0.1) is 0 Å². The number of benzene rings is 1. The van der Waals surface area contributed by atoms with Crippen molar-refractivity contribution in [3.63, 3.8) is 0 Å². The first kappa shape index (κ1) is 14.5. The van der Waals surface area contributed by atoms with Crippen molar-refractivity contribution in [2.75, 3.05) is 18.4 Å². The molecular formula is C15H20N2O3. The van der Waals surface area contributed by atoms with E-state index < -0.39 is 5.97 Å². The molecule has 0 aromatic heterocycles. The largest absolute Gasteiger partial charge is 0.478 e. The van der Waals surface area contributed by atoms with Gasteiger partial charge < -0.3 is 15.7 Å². The lowest BCUT2D eigenvalue weighted by molar-refractivity contribution is -0.116. The maximum Gasteiger partial charge on any atom is 0.336 e. The van der Waals surface area contributed by atoms with Crippen molar-refractivity contribution in [1.82, 2.24) is 5.32 Å². The van der Waals surface area contributed by atoms with E-state index in [0.717, 1.165) is 30.6 Å². The summed E-state index contributed by atoms with van der Waals surface area (Å²) in [6, 6.07) is 3.34. The van der Waals surface area contributed by atoms with Gasteiger partial charge in [0.1, 0.15) is 0 Å². The smallest absolute Gasteiger partial charge is 0.336 e. The number of rotatable bonds is 4. The van der Waals surface area contributed by atoms with E-state index in [2.05, 4.69) is 10.6 Å². The SMILES string of the molecule is Cc1cc(NC(=O)CC2CCNC2)cc(C(=O)O)c1C. The van der Waals surface area contributed by atoms with Crippen LogP contribution < -0.4 is 10.6 Å². The zero-order chi connectivity index (χ0) is 14.7. The Morgan fingerprint density at radius 2 is 2.15 bits per heavy atom. The average molecular weight is 276 g/mol. The number of carboxylic acids is 1. The van der Waals surface area contributed by atoms with Gasteiger partial charge in [0, 0.05) is 12.1 Å². The van der Waals surface area contributed by atoms with Crippen molar-refractivity contribution in [3.8, 4) is 0 Å². The Bertz CT molecular complexity index is 534. The predicted octanol–water partition coefficient (Wildman–Crippen LogP) is 1.94. The van der Waals surface area contributed by atoms with Gasteiger partial charge in [0.15, 0.2) is 0 Å². The van der Waals surface area contributed by atoms with E-state index >= 15 is 0 Å². The highest BCUT2D eigenvalue weighted by Gasteiger charge is 2.18. The van der Waals surface area contributed by atoms with Crippen molar-refractivity contribution < 1.29 is 14.7 Å². The van der Waals surface area contributed by atoms with E-state index in [1.807, 2.05) is 13.0 Å². The number of aryl methyl sites for hydroxylation is 1. The molecule has 0 aliphatic carbocycles. The van der Waals surface area contributed by atoms with Crippen LogP contribution in [-0.2, 0) is 4.79 Å². The number of carboxylic acid groups (broad SMARTS) is 1. The van der Waals surface area contributed by atoms with Gasteiger partial charge in [-0.1, -0.05) is 0 Å². The molecule has 1 atom stereocenters. The molecule has 1 aromatic rings. The van der Waals surface area contributed by atoms with Gasteiger partial charge in [-0.05, 0) is 62.5 Å². The zero-order valence-corrected chi connectivity index (χ0v) is 11.8. The summed E-state index contributed by atoms with van der Waals surface area (Å²) >= 11 is 0. The van der Waals surface area contributed by atoms with Crippen LogP contribution in [0.2, 0.25) is 0 Å². The number of amides is 1. The molecule has 1 heterocycles. The van der Waals surface area contributed by atoms with Crippen LogP contribution in [-0.4, -0.2) is 30.1 Å². The highest BCUT2D eigenvalue weighted by atomic mass is 16.4. The highest BCUT2D eigenvalue weighted by Crippen LogP contribution is 2.21. The molecule has 1 unspecified atom stereocenters. The summed E-state index contributed by atoms with van der Waals surface area (Å²) in [5.74, 6) is -0.652. The quantitative estimate of drug-likeness (QED) is 0.785. The van der Waals surface area contributed by atoms with E-state index in [0.29, 0.717) is 18.0 Å². The molecule has 1 aliphatic heterocycles. The number of anilines is 1. The van der Waals surface area contributed by atoms with Crippen LogP contribution in [0.15, 0.2) is 12.1 Å². The van der Waals surface area contributed by atoms with Gasteiger partial charge in [0.25, 0.3) is 0 Å². The normalized spacial score (nSPS) is 18.0. The average Bonchev–Trinajstić information content (AvgIpc) is 2.85. The number of aromatic carboxylic acids is 1. The third kappa shape index (κ3) is 3.36. The summed E-state index contributed by atoms with van der Waals surface area (Å²) in [5.41, 5.74) is 2.39. The molecule has 0 spiro atoms. The van der Waals surface area contributed by atoms with Gasteiger partial charge in [-0.3, -0.25) is 4.79 Å². The lowest BCUT2D eigenvalue weighted by Gasteiger charge is -2.12. The van der Waals surface area contributed by atoms with Crippen molar-refractivity contribution in [1.29, 1.82) is 0 Å². The van der Waals surface area contributed by atoms with E-state index in [-0.39, 0.29) is 11.5 Å². The fourth-order valence-corrected chi connectivity index (χ4v) is 2.52. The molecule has 5 heteroatoms. The van der Waals surface area contributed by atoms with Crippen molar-refractivity contribution in [2.45, 2.75) is 26.7 Å². The molecule has 1 aromatic carbocycles. The van der Waals surface area contributed by atoms with E-state index in [4.69, 9.17) is 5.11 Å². The molecule has 108 valence electrons. The molecule has 0 radical (unpaired) electrons. The molecule has 0 bridgehead atoms. The fourth-order valence-electron chi connectivity index (χ4n) is 2.52. The maximum atomic E-state index is 12.0. The summed E-state index contributed by atoms with van der Waals surface area (Å²) in [7, 11) is 0. The van der Waals surface area contributed by atoms with E-state index in [1.165, 1.54) is 6.07 Å². The van der Waals surface area contributed by atoms with Crippen LogP contribution in [0.4, 0.5) is 5.69 Å². The lowest BCUT2D eigenvalue weighted by atomic mass is 10.0. The Balaban J connectivity index is 2.08. The minimum Gasteiger partial charge on any atom is -0.478 e. The summed E-state index contributed by atoms with van der Waals surface area (Å²) in [5, 5.41) is 15.2. The molecule has 5 nitrogen and oxygen atoms in total. The molecule has 1 fully saturated rings.